The molecule has 1 aromatic heterocycles. The van der Waals surface area contributed by atoms with E-state index in [-0.39, 0.29) is 5.91 Å². The average molecular weight is 292 g/mol. The van der Waals surface area contributed by atoms with Gasteiger partial charge in [-0.2, -0.15) is 4.99 Å². The van der Waals surface area contributed by atoms with Crippen molar-refractivity contribution < 1.29 is 9.53 Å². The zero-order valence-corrected chi connectivity index (χ0v) is 13.4. The van der Waals surface area contributed by atoms with Crippen LogP contribution in [0.3, 0.4) is 0 Å². The summed E-state index contributed by atoms with van der Waals surface area (Å²) in [5.41, 5.74) is 0.520. The van der Waals surface area contributed by atoms with Crippen molar-refractivity contribution in [2.24, 2.45) is 17.5 Å². The molecule has 1 aromatic carbocycles. The third-order valence-corrected chi connectivity index (χ3v) is 4.02. The summed E-state index contributed by atoms with van der Waals surface area (Å²) in [6.45, 7) is 8.19. The molecule has 108 valence electrons. The Bertz CT molecular complexity index is 705. The molecule has 0 spiro atoms. The average Bonchev–Trinajstić information content (AvgIpc) is 2.67. The molecule has 0 aliphatic rings. The summed E-state index contributed by atoms with van der Waals surface area (Å²) in [6.07, 6.45) is 0. The number of aromatic nitrogens is 1. The van der Waals surface area contributed by atoms with Crippen LogP contribution in [-0.2, 0) is 11.8 Å². The summed E-state index contributed by atoms with van der Waals surface area (Å²) in [6, 6.07) is 5.91. The van der Waals surface area contributed by atoms with E-state index in [1.807, 2.05) is 57.5 Å². The molecular weight excluding hydrogens is 272 g/mol. The fraction of sp³-hybridized carbons (Fsp3) is 0.467. The summed E-state index contributed by atoms with van der Waals surface area (Å²) in [4.78, 5) is 17.0. The maximum Gasteiger partial charge on any atom is 0.253 e. The number of thiazole rings is 1. The molecule has 4 nitrogen and oxygen atoms in total. The van der Waals surface area contributed by atoms with Crippen molar-refractivity contribution >= 4 is 27.5 Å². The minimum Gasteiger partial charge on any atom is -0.492 e. The van der Waals surface area contributed by atoms with Crippen molar-refractivity contribution in [1.29, 1.82) is 0 Å². The van der Waals surface area contributed by atoms with Crippen molar-refractivity contribution in [3.8, 4) is 5.75 Å². The number of hydrogen-bond acceptors (Lipinski definition) is 3. The molecule has 0 fully saturated rings. The van der Waals surface area contributed by atoms with Crippen LogP contribution >= 0.6 is 11.3 Å². The predicted octanol–water partition coefficient (Wildman–Crippen LogP) is 3.11. The standard InChI is InChI=1S/C15H20N2O2S/c1-6-19-10-8-7-9-11-12(10)17(5)14(20-11)16-13(18)15(2,3)4/h7-9H,6H2,1-5H3. The summed E-state index contributed by atoms with van der Waals surface area (Å²) in [7, 11) is 1.91. The van der Waals surface area contributed by atoms with Gasteiger partial charge in [-0.05, 0) is 19.1 Å². The van der Waals surface area contributed by atoms with Gasteiger partial charge in [0.05, 0.1) is 11.3 Å². The molecule has 0 unspecified atom stereocenters. The van der Waals surface area contributed by atoms with E-state index in [0.29, 0.717) is 11.4 Å². The van der Waals surface area contributed by atoms with Gasteiger partial charge < -0.3 is 9.30 Å². The number of carbonyl (C=O) groups is 1. The van der Waals surface area contributed by atoms with Crippen molar-refractivity contribution in [2.75, 3.05) is 6.61 Å². The molecule has 0 bridgehead atoms. The van der Waals surface area contributed by atoms with E-state index < -0.39 is 5.41 Å². The number of amides is 1. The van der Waals surface area contributed by atoms with Crippen LogP contribution in [0, 0.1) is 5.41 Å². The lowest BCUT2D eigenvalue weighted by Gasteiger charge is -2.11. The fourth-order valence-corrected chi connectivity index (χ4v) is 2.84. The molecule has 1 amide bonds. The number of ether oxygens (including phenoxy) is 1. The largest absolute Gasteiger partial charge is 0.492 e. The van der Waals surface area contributed by atoms with Crippen LogP contribution in [0.5, 0.6) is 5.75 Å². The third kappa shape index (κ3) is 2.77. The molecule has 2 rings (SSSR count). The van der Waals surface area contributed by atoms with E-state index in [1.54, 1.807) is 0 Å². The topological polar surface area (TPSA) is 43.6 Å². The van der Waals surface area contributed by atoms with Crippen LogP contribution < -0.4 is 9.54 Å². The van der Waals surface area contributed by atoms with Gasteiger partial charge in [0.15, 0.2) is 4.80 Å². The van der Waals surface area contributed by atoms with E-state index >= 15 is 0 Å². The Balaban J connectivity index is 2.63. The highest BCUT2D eigenvalue weighted by Crippen LogP contribution is 2.27. The molecule has 0 atom stereocenters. The molecule has 5 heteroatoms. The maximum absolute atomic E-state index is 12.1. The van der Waals surface area contributed by atoms with E-state index in [0.717, 1.165) is 16.0 Å². The number of hydrogen-bond donors (Lipinski definition) is 0. The predicted molar refractivity (Wildman–Crippen MR) is 82.0 cm³/mol. The molecule has 0 N–H and O–H groups in total. The molecule has 20 heavy (non-hydrogen) atoms. The highest BCUT2D eigenvalue weighted by Gasteiger charge is 2.21. The second-order valence-electron chi connectivity index (χ2n) is 5.65. The Morgan fingerprint density at radius 3 is 2.70 bits per heavy atom. The summed E-state index contributed by atoms with van der Waals surface area (Å²) >= 11 is 1.50. The molecule has 0 saturated heterocycles. The monoisotopic (exact) mass is 292 g/mol. The molecule has 0 radical (unpaired) electrons. The van der Waals surface area contributed by atoms with Gasteiger partial charge in [0.1, 0.15) is 11.3 Å². The normalized spacial score (nSPS) is 12.9. The van der Waals surface area contributed by atoms with Crippen molar-refractivity contribution in [3.63, 3.8) is 0 Å². The first-order valence-corrected chi connectivity index (χ1v) is 7.46. The Morgan fingerprint density at radius 1 is 1.40 bits per heavy atom. The minimum atomic E-state index is -0.466. The summed E-state index contributed by atoms with van der Waals surface area (Å²) < 4.78 is 8.64. The third-order valence-electron chi connectivity index (χ3n) is 2.92. The number of benzene rings is 1. The molecule has 1 heterocycles. The van der Waals surface area contributed by atoms with Crippen molar-refractivity contribution in [1.82, 2.24) is 4.57 Å². The molecule has 0 aliphatic heterocycles. The fourth-order valence-electron chi connectivity index (χ4n) is 1.80. The van der Waals surface area contributed by atoms with Gasteiger partial charge in [-0.15, -0.1) is 0 Å². The van der Waals surface area contributed by atoms with Crippen LogP contribution in [0.2, 0.25) is 0 Å². The Kier molecular flexibility index (Phi) is 3.99. The lowest BCUT2D eigenvalue weighted by Crippen LogP contribution is -2.22. The van der Waals surface area contributed by atoms with Crippen LogP contribution in [-0.4, -0.2) is 17.1 Å². The SMILES string of the molecule is CCOc1cccc2sc(=NC(=O)C(C)(C)C)n(C)c12. The quantitative estimate of drug-likeness (QED) is 0.853. The number of aryl methyl sites for hydroxylation is 1. The first-order valence-electron chi connectivity index (χ1n) is 6.65. The first kappa shape index (κ1) is 14.8. The van der Waals surface area contributed by atoms with Crippen LogP contribution in [0.25, 0.3) is 10.2 Å². The number of nitrogens with zero attached hydrogens (tertiary/aromatic N) is 2. The molecule has 2 aromatic rings. The second-order valence-corrected chi connectivity index (χ2v) is 6.66. The van der Waals surface area contributed by atoms with Crippen LogP contribution in [0.1, 0.15) is 27.7 Å². The van der Waals surface area contributed by atoms with Gasteiger partial charge in [-0.1, -0.05) is 38.2 Å². The van der Waals surface area contributed by atoms with Gasteiger partial charge in [0.25, 0.3) is 5.91 Å². The van der Waals surface area contributed by atoms with E-state index in [4.69, 9.17) is 4.74 Å². The summed E-state index contributed by atoms with van der Waals surface area (Å²) in [5, 5.41) is 0. The minimum absolute atomic E-state index is 0.113. The molecule has 0 aliphatic carbocycles. The number of rotatable bonds is 2. The van der Waals surface area contributed by atoms with E-state index in [1.165, 1.54) is 11.3 Å². The second kappa shape index (κ2) is 5.40. The molecular formula is C15H20N2O2S. The van der Waals surface area contributed by atoms with Gasteiger partial charge in [-0.3, -0.25) is 4.79 Å². The van der Waals surface area contributed by atoms with Crippen molar-refractivity contribution in [3.05, 3.63) is 23.0 Å². The van der Waals surface area contributed by atoms with Gasteiger partial charge in [0, 0.05) is 12.5 Å². The lowest BCUT2D eigenvalue weighted by atomic mass is 9.96. The van der Waals surface area contributed by atoms with Crippen molar-refractivity contribution in [2.45, 2.75) is 27.7 Å². The summed E-state index contributed by atoms with van der Waals surface area (Å²) in [5.74, 6) is 0.714. The zero-order valence-electron chi connectivity index (χ0n) is 12.6. The van der Waals surface area contributed by atoms with Gasteiger partial charge in [0.2, 0.25) is 0 Å². The smallest absolute Gasteiger partial charge is 0.253 e. The Labute approximate surface area is 122 Å². The van der Waals surface area contributed by atoms with Crippen LogP contribution in [0.4, 0.5) is 0 Å². The number of para-hydroxylation sites is 1. The van der Waals surface area contributed by atoms with Gasteiger partial charge >= 0.3 is 0 Å². The zero-order chi connectivity index (χ0) is 14.9. The lowest BCUT2D eigenvalue weighted by molar-refractivity contribution is -0.125. The molecule has 0 saturated carbocycles. The van der Waals surface area contributed by atoms with Crippen LogP contribution in [0.15, 0.2) is 23.2 Å². The Hall–Kier alpha value is -1.62. The highest BCUT2D eigenvalue weighted by atomic mass is 32.1. The Morgan fingerprint density at radius 2 is 2.10 bits per heavy atom. The maximum atomic E-state index is 12.1. The van der Waals surface area contributed by atoms with E-state index in [2.05, 4.69) is 4.99 Å². The highest BCUT2D eigenvalue weighted by molar-refractivity contribution is 7.16. The number of carbonyl (C=O) groups excluding carboxylic acids is 1. The van der Waals surface area contributed by atoms with E-state index in [9.17, 15) is 4.79 Å². The van der Waals surface area contributed by atoms with Gasteiger partial charge in [-0.25, -0.2) is 0 Å². The first-order chi connectivity index (χ1) is 9.34. The number of fused-ring (bicyclic) bond motifs is 1.